The summed E-state index contributed by atoms with van der Waals surface area (Å²) in [6.45, 7) is 3.02. The van der Waals surface area contributed by atoms with Crippen LogP contribution in [0.4, 0.5) is 8.78 Å². The van der Waals surface area contributed by atoms with Crippen LogP contribution in [0.25, 0.3) is 0 Å². The molecule has 3 aromatic rings. The SMILES string of the molecule is CCN(C[C@@H](O)COC(c1ccc(F)cc1)c1ccc(F)cc1)C[C@H](O)c1cccc(O)c1. The molecule has 2 atom stereocenters. The number of ether oxygens (including phenoxy) is 1. The van der Waals surface area contributed by atoms with Gasteiger partial charge >= 0.3 is 0 Å². The van der Waals surface area contributed by atoms with Gasteiger partial charge < -0.3 is 20.1 Å². The lowest BCUT2D eigenvalue weighted by molar-refractivity contribution is -0.0132. The molecular weight excluding hydrogens is 428 g/mol. The molecule has 0 aliphatic heterocycles. The summed E-state index contributed by atoms with van der Waals surface area (Å²) in [5.74, 6) is -0.670. The Hall–Kier alpha value is -2.84. The Morgan fingerprint density at radius 3 is 1.91 bits per heavy atom. The highest BCUT2D eigenvalue weighted by molar-refractivity contribution is 5.31. The van der Waals surface area contributed by atoms with Crippen molar-refractivity contribution in [1.82, 2.24) is 4.90 Å². The molecule has 33 heavy (non-hydrogen) atoms. The minimum Gasteiger partial charge on any atom is -0.508 e. The maximum Gasteiger partial charge on any atom is 0.123 e. The molecule has 5 nitrogen and oxygen atoms in total. The predicted molar refractivity (Wildman–Crippen MR) is 122 cm³/mol. The van der Waals surface area contributed by atoms with Gasteiger partial charge in [0.2, 0.25) is 0 Å². The van der Waals surface area contributed by atoms with Crippen molar-refractivity contribution in [3.8, 4) is 5.75 Å². The van der Waals surface area contributed by atoms with Crippen LogP contribution >= 0.6 is 0 Å². The van der Waals surface area contributed by atoms with Crippen molar-refractivity contribution in [2.45, 2.75) is 25.2 Å². The minimum atomic E-state index is -0.857. The van der Waals surface area contributed by atoms with E-state index in [0.717, 1.165) is 0 Å². The molecular formula is C26H29F2NO4. The van der Waals surface area contributed by atoms with Crippen LogP contribution in [0.2, 0.25) is 0 Å². The molecule has 3 rings (SSSR count). The van der Waals surface area contributed by atoms with E-state index in [1.807, 2.05) is 11.8 Å². The van der Waals surface area contributed by atoms with Gasteiger partial charge in [-0.25, -0.2) is 8.78 Å². The number of halogens is 2. The van der Waals surface area contributed by atoms with Gasteiger partial charge in [-0.1, -0.05) is 43.3 Å². The number of phenols is 1. The summed E-state index contributed by atoms with van der Waals surface area (Å²) in [5, 5.41) is 30.7. The molecule has 0 heterocycles. The molecule has 0 saturated carbocycles. The first-order valence-corrected chi connectivity index (χ1v) is 10.9. The lowest BCUT2D eigenvalue weighted by atomic mass is 10.0. The zero-order valence-corrected chi connectivity index (χ0v) is 18.4. The Morgan fingerprint density at radius 1 is 0.818 bits per heavy atom. The van der Waals surface area contributed by atoms with Crippen LogP contribution in [0.1, 0.15) is 35.8 Å². The standard InChI is InChI=1S/C26H29F2NO4/c1-2-29(16-25(32)20-4-3-5-23(30)14-20)15-24(31)17-33-26(18-6-10-21(27)11-7-18)19-8-12-22(28)13-9-19/h3-14,24-26,30-32H,2,15-17H2,1H3/t24-,25+/m1/s1. The van der Waals surface area contributed by atoms with E-state index in [1.165, 1.54) is 36.4 Å². The van der Waals surface area contributed by atoms with Gasteiger partial charge in [0.1, 0.15) is 23.5 Å². The topological polar surface area (TPSA) is 73.2 Å². The molecule has 0 saturated heterocycles. The van der Waals surface area contributed by atoms with Gasteiger partial charge in [-0.3, -0.25) is 4.90 Å². The molecule has 0 bridgehead atoms. The fraction of sp³-hybridized carbons (Fsp3) is 0.308. The van der Waals surface area contributed by atoms with E-state index >= 15 is 0 Å². The van der Waals surface area contributed by atoms with Crippen LogP contribution < -0.4 is 0 Å². The van der Waals surface area contributed by atoms with Gasteiger partial charge in [0, 0.05) is 13.1 Å². The number of aliphatic hydroxyl groups is 2. The van der Waals surface area contributed by atoms with Crippen LogP contribution in [-0.2, 0) is 4.74 Å². The van der Waals surface area contributed by atoms with Crippen LogP contribution in [0.15, 0.2) is 72.8 Å². The van der Waals surface area contributed by atoms with E-state index in [1.54, 1.807) is 36.4 Å². The fourth-order valence-corrected chi connectivity index (χ4v) is 3.63. The van der Waals surface area contributed by atoms with Crippen molar-refractivity contribution in [3.63, 3.8) is 0 Å². The average Bonchev–Trinajstić information content (AvgIpc) is 2.81. The van der Waals surface area contributed by atoms with Gasteiger partial charge in [0.15, 0.2) is 0 Å². The van der Waals surface area contributed by atoms with E-state index in [4.69, 9.17) is 4.74 Å². The molecule has 3 N–H and O–H groups in total. The third-order valence-electron chi connectivity index (χ3n) is 5.40. The number of nitrogens with zero attached hydrogens (tertiary/aromatic N) is 1. The first-order chi connectivity index (χ1) is 15.9. The molecule has 0 aromatic heterocycles. The molecule has 3 aromatic carbocycles. The van der Waals surface area contributed by atoms with Crippen molar-refractivity contribution in [2.24, 2.45) is 0 Å². The summed E-state index contributed by atoms with van der Waals surface area (Å²) in [6.07, 6.45) is -2.28. The Balaban J connectivity index is 1.63. The lowest BCUT2D eigenvalue weighted by Gasteiger charge is -2.27. The molecule has 0 aliphatic rings. The summed E-state index contributed by atoms with van der Waals surface area (Å²) in [5.41, 5.74) is 1.95. The largest absolute Gasteiger partial charge is 0.508 e. The average molecular weight is 458 g/mol. The number of likely N-dealkylation sites (N-methyl/N-ethyl adjacent to an activating group) is 1. The van der Waals surface area contributed by atoms with Crippen LogP contribution in [0, 0.1) is 11.6 Å². The number of aromatic hydroxyl groups is 1. The van der Waals surface area contributed by atoms with Crippen LogP contribution in [0.3, 0.4) is 0 Å². The highest BCUT2D eigenvalue weighted by atomic mass is 19.1. The molecule has 0 fully saturated rings. The van der Waals surface area contributed by atoms with Gasteiger partial charge in [-0.05, 0) is 59.6 Å². The van der Waals surface area contributed by atoms with E-state index in [2.05, 4.69) is 0 Å². The maximum absolute atomic E-state index is 13.4. The minimum absolute atomic E-state index is 0.0157. The summed E-state index contributed by atoms with van der Waals surface area (Å²) < 4.78 is 32.8. The van der Waals surface area contributed by atoms with E-state index < -0.39 is 18.3 Å². The van der Waals surface area contributed by atoms with Crippen molar-refractivity contribution in [2.75, 3.05) is 26.2 Å². The zero-order valence-electron chi connectivity index (χ0n) is 18.4. The Morgan fingerprint density at radius 2 is 1.39 bits per heavy atom. The summed E-state index contributed by atoms with van der Waals surface area (Å²) in [7, 11) is 0. The summed E-state index contributed by atoms with van der Waals surface area (Å²) in [6, 6.07) is 18.1. The first-order valence-electron chi connectivity index (χ1n) is 10.9. The highest BCUT2D eigenvalue weighted by Gasteiger charge is 2.20. The highest BCUT2D eigenvalue weighted by Crippen LogP contribution is 2.27. The Labute approximate surface area is 192 Å². The quantitative estimate of drug-likeness (QED) is 0.403. The normalized spacial score (nSPS) is 13.4. The molecule has 176 valence electrons. The second kappa shape index (κ2) is 11.9. The van der Waals surface area contributed by atoms with Gasteiger partial charge in [0.25, 0.3) is 0 Å². The second-order valence-electron chi connectivity index (χ2n) is 7.93. The third kappa shape index (κ3) is 7.33. The van der Waals surface area contributed by atoms with Crippen molar-refractivity contribution in [1.29, 1.82) is 0 Å². The monoisotopic (exact) mass is 457 g/mol. The molecule has 0 amide bonds. The number of rotatable bonds is 11. The predicted octanol–water partition coefficient (Wildman–Crippen LogP) is 4.19. The zero-order chi connectivity index (χ0) is 23.8. The van der Waals surface area contributed by atoms with Gasteiger partial charge in [-0.2, -0.15) is 0 Å². The van der Waals surface area contributed by atoms with Crippen molar-refractivity contribution >= 4 is 0 Å². The van der Waals surface area contributed by atoms with Gasteiger partial charge in [0.05, 0.1) is 18.8 Å². The molecule has 0 spiro atoms. The second-order valence-corrected chi connectivity index (χ2v) is 7.93. The molecule has 0 radical (unpaired) electrons. The molecule has 0 unspecified atom stereocenters. The third-order valence-corrected chi connectivity index (χ3v) is 5.40. The fourth-order valence-electron chi connectivity index (χ4n) is 3.63. The van der Waals surface area contributed by atoms with E-state index in [9.17, 15) is 24.1 Å². The first kappa shape index (κ1) is 24.8. The number of phenolic OH excluding ortho intramolecular Hbond substituents is 1. The number of benzene rings is 3. The van der Waals surface area contributed by atoms with Crippen molar-refractivity contribution < 1.29 is 28.8 Å². The van der Waals surface area contributed by atoms with Crippen LogP contribution in [-0.4, -0.2) is 52.6 Å². The number of hydrogen-bond donors (Lipinski definition) is 3. The summed E-state index contributed by atoms with van der Waals surface area (Å²) >= 11 is 0. The number of aliphatic hydroxyl groups excluding tert-OH is 2. The van der Waals surface area contributed by atoms with E-state index in [-0.39, 0.29) is 37.1 Å². The van der Waals surface area contributed by atoms with Crippen molar-refractivity contribution in [3.05, 3.63) is 101 Å². The molecule has 0 aliphatic carbocycles. The Bertz CT molecular complexity index is 952. The lowest BCUT2D eigenvalue weighted by Crippen LogP contribution is -2.37. The number of hydrogen-bond acceptors (Lipinski definition) is 5. The van der Waals surface area contributed by atoms with Gasteiger partial charge in [-0.15, -0.1) is 0 Å². The van der Waals surface area contributed by atoms with Crippen LogP contribution in [0.5, 0.6) is 5.75 Å². The summed E-state index contributed by atoms with van der Waals surface area (Å²) in [4.78, 5) is 1.88. The smallest absolute Gasteiger partial charge is 0.123 e. The Kier molecular flexibility index (Phi) is 8.91. The molecule has 7 heteroatoms. The maximum atomic E-state index is 13.4. The van der Waals surface area contributed by atoms with E-state index in [0.29, 0.717) is 23.2 Å².